The zero-order valence-corrected chi connectivity index (χ0v) is 14.3. The SMILES string of the molecule is O=C(NO)c1cc(F)c(Cn2nnc(-c3scc4c3OCCO4)n2)c(F)c1. The van der Waals surface area contributed by atoms with Gasteiger partial charge in [-0.05, 0) is 17.3 Å². The third kappa shape index (κ3) is 3.19. The summed E-state index contributed by atoms with van der Waals surface area (Å²) in [6.45, 7) is 0.512. The van der Waals surface area contributed by atoms with Crippen LogP contribution in [0.4, 0.5) is 8.78 Å². The van der Waals surface area contributed by atoms with Crippen LogP contribution in [0.15, 0.2) is 17.5 Å². The van der Waals surface area contributed by atoms with Gasteiger partial charge in [-0.1, -0.05) is 0 Å². The lowest BCUT2D eigenvalue weighted by Crippen LogP contribution is -2.19. The van der Waals surface area contributed by atoms with Crippen LogP contribution in [0.2, 0.25) is 0 Å². The van der Waals surface area contributed by atoms with Gasteiger partial charge in [0.05, 0.1) is 6.54 Å². The van der Waals surface area contributed by atoms with Gasteiger partial charge < -0.3 is 9.47 Å². The maximum absolute atomic E-state index is 14.2. The van der Waals surface area contributed by atoms with Crippen molar-refractivity contribution in [1.82, 2.24) is 25.7 Å². The van der Waals surface area contributed by atoms with Gasteiger partial charge in [0.25, 0.3) is 5.91 Å². The Morgan fingerprint density at radius 3 is 2.78 bits per heavy atom. The van der Waals surface area contributed by atoms with Crippen molar-refractivity contribution in [3.63, 3.8) is 0 Å². The van der Waals surface area contributed by atoms with E-state index in [2.05, 4.69) is 15.4 Å². The molecule has 0 aliphatic carbocycles. The average molecular weight is 395 g/mol. The van der Waals surface area contributed by atoms with Crippen molar-refractivity contribution in [2.45, 2.75) is 6.54 Å². The zero-order valence-electron chi connectivity index (χ0n) is 13.5. The van der Waals surface area contributed by atoms with Crippen LogP contribution in [-0.4, -0.2) is 44.5 Å². The zero-order chi connectivity index (χ0) is 19.0. The topological polar surface area (TPSA) is 111 Å². The van der Waals surface area contributed by atoms with Gasteiger partial charge >= 0.3 is 0 Å². The smallest absolute Gasteiger partial charge is 0.274 e. The van der Waals surface area contributed by atoms with Crippen LogP contribution < -0.4 is 15.0 Å². The molecule has 0 saturated heterocycles. The van der Waals surface area contributed by atoms with E-state index in [-0.39, 0.29) is 23.5 Å². The van der Waals surface area contributed by atoms with E-state index in [1.54, 1.807) is 5.38 Å². The number of halogens is 2. The van der Waals surface area contributed by atoms with E-state index < -0.39 is 17.5 Å². The maximum Gasteiger partial charge on any atom is 0.274 e. The van der Waals surface area contributed by atoms with E-state index in [0.717, 1.165) is 16.9 Å². The largest absolute Gasteiger partial charge is 0.485 e. The quantitative estimate of drug-likeness (QED) is 0.510. The summed E-state index contributed by atoms with van der Waals surface area (Å²) in [5.41, 5.74) is 0.614. The second kappa shape index (κ2) is 6.89. The molecule has 0 saturated carbocycles. The van der Waals surface area contributed by atoms with Crippen molar-refractivity contribution >= 4 is 17.2 Å². The number of carbonyl (C=O) groups excluding carboxylic acids is 1. The molecule has 2 N–H and O–H groups in total. The Kier molecular flexibility index (Phi) is 4.41. The highest BCUT2D eigenvalue weighted by Gasteiger charge is 2.23. The standard InChI is InChI=1S/C15H11F2N5O4S/c16-9-3-7(15(23)20-24)4-10(17)8(9)5-22-19-14(18-21-22)13-12-11(6-27-13)25-1-2-26-12/h3-4,6,24H,1-2,5H2,(H,20,23). The minimum absolute atomic E-state index is 0.240. The first-order valence-electron chi connectivity index (χ1n) is 7.64. The molecule has 140 valence electrons. The molecule has 1 amide bonds. The number of thiophene rings is 1. The summed E-state index contributed by atoms with van der Waals surface area (Å²) in [6.07, 6.45) is 0. The fraction of sp³-hybridized carbons (Fsp3) is 0.200. The Bertz CT molecular complexity index is 999. The average Bonchev–Trinajstić information content (AvgIpc) is 3.30. The number of ether oxygens (including phenoxy) is 2. The van der Waals surface area contributed by atoms with Crippen LogP contribution in [-0.2, 0) is 6.54 Å². The first kappa shape index (κ1) is 17.3. The second-order valence-electron chi connectivity index (χ2n) is 5.46. The Morgan fingerprint density at radius 2 is 2.04 bits per heavy atom. The fourth-order valence-electron chi connectivity index (χ4n) is 2.51. The van der Waals surface area contributed by atoms with Gasteiger partial charge in [0.1, 0.15) is 29.7 Å². The van der Waals surface area contributed by atoms with Crippen LogP contribution >= 0.6 is 11.3 Å². The summed E-state index contributed by atoms with van der Waals surface area (Å²) in [6, 6.07) is 1.62. The molecule has 1 aliphatic heterocycles. The molecule has 9 nitrogen and oxygen atoms in total. The van der Waals surface area contributed by atoms with Crippen molar-refractivity contribution in [1.29, 1.82) is 0 Å². The molecule has 27 heavy (non-hydrogen) atoms. The van der Waals surface area contributed by atoms with E-state index >= 15 is 0 Å². The van der Waals surface area contributed by atoms with Crippen LogP contribution in [0.25, 0.3) is 10.7 Å². The van der Waals surface area contributed by atoms with E-state index in [1.165, 1.54) is 16.8 Å². The highest BCUT2D eigenvalue weighted by atomic mass is 32.1. The number of fused-ring (bicyclic) bond motifs is 1. The summed E-state index contributed by atoms with van der Waals surface area (Å²) in [4.78, 5) is 12.9. The molecule has 3 heterocycles. The number of hydrogen-bond acceptors (Lipinski definition) is 8. The molecule has 0 atom stereocenters. The van der Waals surface area contributed by atoms with Gasteiger partial charge in [-0.15, -0.1) is 21.5 Å². The van der Waals surface area contributed by atoms with Crippen molar-refractivity contribution < 1.29 is 28.3 Å². The highest BCUT2D eigenvalue weighted by Crippen LogP contribution is 2.44. The molecule has 12 heteroatoms. The minimum Gasteiger partial charge on any atom is -0.485 e. The molecule has 0 fully saturated rings. The third-order valence-electron chi connectivity index (χ3n) is 3.76. The Balaban J connectivity index is 1.60. The number of nitrogens with zero attached hydrogens (tertiary/aromatic N) is 4. The van der Waals surface area contributed by atoms with Gasteiger partial charge in [-0.25, -0.2) is 14.3 Å². The van der Waals surface area contributed by atoms with E-state index in [0.29, 0.717) is 29.6 Å². The first-order valence-corrected chi connectivity index (χ1v) is 8.52. The Hall–Kier alpha value is -3.12. The number of tetrazole rings is 1. The van der Waals surface area contributed by atoms with Crippen molar-refractivity contribution in [3.05, 3.63) is 40.3 Å². The molecule has 0 spiro atoms. The van der Waals surface area contributed by atoms with Crippen LogP contribution in [0.5, 0.6) is 11.5 Å². The van der Waals surface area contributed by atoms with E-state index in [4.69, 9.17) is 14.7 Å². The molecule has 4 rings (SSSR count). The molecule has 0 unspecified atom stereocenters. The molecule has 1 aromatic carbocycles. The van der Waals surface area contributed by atoms with Crippen LogP contribution in [0.3, 0.4) is 0 Å². The van der Waals surface area contributed by atoms with Crippen molar-refractivity contribution in [2.75, 3.05) is 13.2 Å². The van der Waals surface area contributed by atoms with Gasteiger partial charge in [0, 0.05) is 16.5 Å². The number of hydroxylamine groups is 1. The Labute approximate surface area is 154 Å². The number of benzene rings is 1. The number of rotatable bonds is 4. The summed E-state index contributed by atoms with van der Waals surface area (Å²) >= 11 is 1.31. The molecular weight excluding hydrogens is 384 g/mol. The van der Waals surface area contributed by atoms with Crippen LogP contribution in [0, 0.1) is 11.6 Å². The maximum atomic E-state index is 14.2. The third-order valence-corrected chi connectivity index (χ3v) is 4.70. The van der Waals surface area contributed by atoms with Crippen LogP contribution in [0.1, 0.15) is 15.9 Å². The van der Waals surface area contributed by atoms with Gasteiger partial charge in [-0.3, -0.25) is 10.0 Å². The van der Waals surface area contributed by atoms with E-state index in [9.17, 15) is 13.6 Å². The summed E-state index contributed by atoms with van der Waals surface area (Å²) in [7, 11) is 0. The van der Waals surface area contributed by atoms with Gasteiger partial charge in [0.15, 0.2) is 11.5 Å². The lowest BCUT2D eigenvalue weighted by molar-refractivity contribution is 0.0705. The van der Waals surface area contributed by atoms with Gasteiger partial charge in [-0.2, -0.15) is 4.80 Å². The van der Waals surface area contributed by atoms with E-state index in [1.807, 2.05) is 0 Å². The number of amides is 1. The summed E-state index contributed by atoms with van der Waals surface area (Å²) in [5, 5.41) is 22.1. The monoisotopic (exact) mass is 395 g/mol. The number of carbonyl (C=O) groups is 1. The molecule has 0 bridgehead atoms. The summed E-state index contributed by atoms with van der Waals surface area (Å²) in [5.74, 6) is -1.63. The molecular formula is C15H11F2N5O4S. The van der Waals surface area contributed by atoms with Gasteiger partial charge in [0.2, 0.25) is 5.82 Å². The number of hydrogen-bond donors (Lipinski definition) is 2. The molecule has 2 aromatic heterocycles. The number of aromatic nitrogens is 4. The number of nitrogens with one attached hydrogen (secondary N) is 1. The predicted octanol–water partition coefficient (Wildman–Crippen LogP) is 1.62. The molecule has 1 aliphatic rings. The molecule has 3 aromatic rings. The first-order chi connectivity index (χ1) is 13.1. The lowest BCUT2D eigenvalue weighted by atomic mass is 10.1. The fourth-order valence-corrected chi connectivity index (χ4v) is 3.36. The Morgan fingerprint density at radius 1 is 1.30 bits per heavy atom. The minimum atomic E-state index is -1.02. The second-order valence-corrected chi connectivity index (χ2v) is 6.34. The lowest BCUT2D eigenvalue weighted by Gasteiger charge is -2.15. The predicted molar refractivity (Wildman–Crippen MR) is 86.8 cm³/mol. The highest BCUT2D eigenvalue weighted by molar-refractivity contribution is 7.14. The normalized spacial score (nSPS) is 12.9. The summed E-state index contributed by atoms with van der Waals surface area (Å²) < 4.78 is 39.3. The molecule has 0 radical (unpaired) electrons. The van der Waals surface area contributed by atoms with Crippen molar-refractivity contribution in [3.8, 4) is 22.2 Å². The van der Waals surface area contributed by atoms with Crippen molar-refractivity contribution in [2.24, 2.45) is 0 Å².